The van der Waals surface area contributed by atoms with Crippen molar-refractivity contribution in [3.8, 4) is 5.75 Å². The van der Waals surface area contributed by atoms with Crippen molar-refractivity contribution in [3.05, 3.63) is 76.0 Å². The van der Waals surface area contributed by atoms with Crippen molar-refractivity contribution in [2.24, 2.45) is 0 Å². The van der Waals surface area contributed by atoms with E-state index < -0.39 is 6.04 Å². The number of hydrogen-bond donors (Lipinski definition) is 2. The molecular formula is C23H23BrClN5O3S. The molecule has 1 aromatic heterocycles. The summed E-state index contributed by atoms with van der Waals surface area (Å²) in [6.45, 7) is 6.04. The van der Waals surface area contributed by atoms with Crippen LogP contribution in [0.15, 0.2) is 64.7 Å². The number of benzene rings is 2. The van der Waals surface area contributed by atoms with Crippen LogP contribution in [0.3, 0.4) is 0 Å². The third kappa shape index (κ3) is 6.62. The SMILES string of the molecule is C=CCn1c(SCC(=O)Nc2ccc(Br)c(Cl)c2)nnc1[C@@H](C)NC(=O)c1ccc(OC)cc1. The Morgan fingerprint density at radius 1 is 1.26 bits per heavy atom. The molecule has 0 radical (unpaired) electrons. The van der Waals surface area contributed by atoms with E-state index in [0.717, 1.165) is 4.47 Å². The van der Waals surface area contributed by atoms with Gasteiger partial charge in [0.2, 0.25) is 5.91 Å². The van der Waals surface area contributed by atoms with E-state index in [1.807, 2.05) is 11.5 Å². The second-order valence-electron chi connectivity index (χ2n) is 7.13. The minimum Gasteiger partial charge on any atom is -0.497 e. The zero-order valence-corrected chi connectivity index (χ0v) is 21.7. The second-order valence-corrected chi connectivity index (χ2v) is 9.33. The Kier molecular flexibility index (Phi) is 9.14. The fourth-order valence-corrected chi connectivity index (χ4v) is 4.20. The van der Waals surface area contributed by atoms with Gasteiger partial charge in [-0.3, -0.25) is 9.59 Å². The molecule has 0 unspecified atom stereocenters. The second kappa shape index (κ2) is 12.0. The average molecular weight is 565 g/mol. The van der Waals surface area contributed by atoms with Gasteiger partial charge in [0.15, 0.2) is 11.0 Å². The van der Waals surface area contributed by atoms with Gasteiger partial charge in [0.1, 0.15) is 5.75 Å². The lowest BCUT2D eigenvalue weighted by atomic mass is 10.2. The summed E-state index contributed by atoms with van der Waals surface area (Å²) < 4.78 is 7.70. The van der Waals surface area contributed by atoms with E-state index >= 15 is 0 Å². The molecule has 1 atom stereocenters. The molecule has 0 spiro atoms. The Hall–Kier alpha value is -2.82. The maximum atomic E-state index is 12.6. The van der Waals surface area contributed by atoms with E-state index in [4.69, 9.17) is 16.3 Å². The summed E-state index contributed by atoms with van der Waals surface area (Å²) in [4.78, 5) is 25.0. The molecule has 0 aliphatic rings. The molecular weight excluding hydrogens is 542 g/mol. The molecule has 1 heterocycles. The van der Waals surface area contributed by atoms with Crippen LogP contribution in [-0.4, -0.2) is 39.4 Å². The van der Waals surface area contributed by atoms with Crippen molar-refractivity contribution in [2.45, 2.75) is 24.7 Å². The van der Waals surface area contributed by atoms with E-state index in [0.29, 0.717) is 39.5 Å². The standard InChI is InChI=1S/C23H23BrClN5O3S/c1-4-11-30-21(14(2)26-22(32)15-5-8-17(33-3)9-6-15)28-29-23(30)34-13-20(31)27-16-7-10-18(24)19(25)12-16/h4-10,12,14H,1,11,13H2,2-3H3,(H,26,32)(H,27,31)/t14-/m1/s1. The Labute approximate surface area is 215 Å². The first-order valence-electron chi connectivity index (χ1n) is 10.2. The quantitative estimate of drug-likeness (QED) is 0.262. The van der Waals surface area contributed by atoms with E-state index in [1.165, 1.54) is 11.8 Å². The number of aromatic nitrogens is 3. The number of anilines is 1. The van der Waals surface area contributed by atoms with Gasteiger partial charge in [-0.15, -0.1) is 16.8 Å². The lowest BCUT2D eigenvalue weighted by Gasteiger charge is -2.15. The maximum Gasteiger partial charge on any atom is 0.251 e. The molecule has 2 amide bonds. The highest BCUT2D eigenvalue weighted by molar-refractivity contribution is 9.10. The Bertz CT molecular complexity index is 1190. The maximum absolute atomic E-state index is 12.6. The molecule has 0 saturated heterocycles. The number of nitrogens with one attached hydrogen (secondary N) is 2. The number of halogens is 2. The molecule has 0 aliphatic heterocycles. The highest BCUT2D eigenvalue weighted by Gasteiger charge is 2.20. The molecule has 178 valence electrons. The number of ether oxygens (including phenoxy) is 1. The third-order valence-electron chi connectivity index (χ3n) is 4.68. The van der Waals surface area contributed by atoms with E-state index in [-0.39, 0.29) is 17.6 Å². The fraction of sp³-hybridized carbons (Fsp3) is 0.217. The minimum atomic E-state index is -0.421. The zero-order chi connectivity index (χ0) is 24.7. The van der Waals surface area contributed by atoms with Gasteiger partial charge in [-0.1, -0.05) is 29.4 Å². The predicted octanol–water partition coefficient (Wildman–Crippen LogP) is 5.11. The lowest BCUT2D eigenvalue weighted by Crippen LogP contribution is -2.28. The topological polar surface area (TPSA) is 98.1 Å². The van der Waals surface area contributed by atoms with Gasteiger partial charge in [0.25, 0.3) is 5.91 Å². The molecule has 2 N–H and O–H groups in total. The van der Waals surface area contributed by atoms with Crippen LogP contribution in [0.1, 0.15) is 29.1 Å². The van der Waals surface area contributed by atoms with Gasteiger partial charge >= 0.3 is 0 Å². The zero-order valence-electron chi connectivity index (χ0n) is 18.5. The number of amides is 2. The minimum absolute atomic E-state index is 0.121. The molecule has 3 aromatic rings. The van der Waals surface area contributed by atoms with Crippen LogP contribution in [-0.2, 0) is 11.3 Å². The number of methoxy groups -OCH3 is 1. The normalized spacial score (nSPS) is 11.5. The molecule has 0 aliphatic carbocycles. The molecule has 8 nitrogen and oxygen atoms in total. The van der Waals surface area contributed by atoms with Crippen LogP contribution in [0, 0.1) is 0 Å². The molecule has 2 aromatic carbocycles. The number of rotatable bonds is 10. The van der Waals surface area contributed by atoms with Gasteiger partial charge in [-0.25, -0.2) is 0 Å². The molecule has 3 rings (SSSR count). The van der Waals surface area contributed by atoms with Crippen molar-refractivity contribution >= 4 is 56.8 Å². The van der Waals surface area contributed by atoms with Gasteiger partial charge < -0.3 is 19.9 Å². The third-order valence-corrected chi connectivity index (χ3v) is 6.88. The number of hydrogen-bond acceptors (Lipinski definition) is 6. The monoisotopic (exact) mass is 563 g/mol. The van der Waals surface area contributed by atoms with Crippen LogP contribution in [0.4, 0.5) is 5.69 Å². The first-order valence-corrected chi connectivity index (χ1v) is 12.3. The summed E-state index contributed by atoms with van der Waals surface area (Å²) in [7, 11) is 1.57. The van der Waals surface area contributed by atoms with Crippen molar-refractivity contribution < 1.29 is 14.3 Å². The first-order chi connectivity index (χ1) is 16.3. The number of carbonyl (C=O) groups excluding carboxylic acids is 2. The van der Waals surface area contributed by atoms with Gasteiger partial charge in [-0.05, 0) is 65.3 Å². The van der Waals surface area contributed by atoms with E-state index in [9.17, 15) is 9.59 Å². The van der Waals surface area contributed by atoms with Crippen molar-refractivity contribution in [2.75, 3.05) is 18.2 Å². The number of thioether (sulfide) groups is 1. The van der Waals surface area contributed by atoms with E-state index in [2.05, 4.69) is 43.3 Å². The molecule has 11 heteroatoms. The number of nitrogens with zero attached hydrogens (tertiary/aromatic N) is 3. The van der Waals surface area contributed by atoms with Crippen molar-refractivity contribution in [1.82, 2.24) is 20.1 Å². The van der Waals surface area contributed by atoms with Crippen LogP contribution in [0.25, 0.3) is 0 Å². The average Bonchev–Trinajstić information content (AvgIpc) is 3.23. The summed E-state index contributed by atoms with van der Waals surface area (Å²) in [6, 6.07) is 11.6. The number of carbonyl (C=O) groups is 2. The Balaban J connectivity index is 1.65. The smallest absolute Gasteiger partial charge is 0.251 e. The molecule has 34 heavy (non-hydrogen) atoms. The predicted molar refractivity (Wildman–Crippen MR) is 138 cm³/mol. The molecule has 0 bridgehead atoms. The lowest BCUT2D eigenvalue weighted by molar-refractivity contribution is -0.113. The van der Waals surface area contributed by atoms with Gasteiger partial charge in [0, 0.05) is 22.3 Å². The fourth-order valence-electron chi connectivity index (χ4n) is 3.02. The highest BCUT2D eigenvalue weighted by Crippen LogP contribution is 2.26. The Morgan fingerprint density at radius 3 is 2.65 bits per heavy atom. The van der Waals surface area contributed by atoms with Crippen molar-refractivity contribution in [3.63, 3.8) is 0 Å². The van der Waals surface area contributed by atoms with Crippen LogP contribution in [0.5, 0.6) is 5.75 Å². The summed E-state index contributed by atoms with van der Waals surface area (Å²) in [5, 5.41) is 15.2. The van der Waals surface area contributed by atoms with Crippen molar-refractivity contribution in [1.29, 1.82) is 0 Å². The summed E-state index contributed by atoms with van der Waals surface area (Å²) >= 11 is 10.6. The molecule has 0 fully saturated rings. The number of allylic oxidation sites excluding steroid dienone is 1. The molecule has 0 saturated carbocycles. The Morgan fingerprint density at radius 2 is 2.00 bits per heavy atom. The summed E-state index contributed by atoms with van der Waals surface area (Å²) in [5.41, 5.74) is 1.10. The van der Waals surface area contributed by atoms with E-state index in [1.54, 1.807) is 55.7 Å². The van der Waals surface area contributed by atoms with Gasteiger partial charge in [0.05, 0.1) is 23.9 Å². The summed E-state index contributed by atoms with van der Waals surface area (Å²) in [5.74, 6) is 0.896. The highest BCUT2D eigenvalue weighted by atomic mass is 79.9. The first kappa shape index (κ1) is 25.8. The summed E-state index contributed by atoms with van der Waals surface area (Å²) in [6.07, 6.45) is 1.71. The largest absolute Gasteiger partial charge is 0.497 e. The van der Waals surface area contributed by atoms with Gasteiger partial charge in [-0.2, -0.15) is 0 Å². The van der Waals surface area contributed by atoms with Crippen LogP contribution in [0.2, 0.25) is 5.02 Å². The van der Waals surface area contributed by atoms with Crippen LogP contribution >= 0.6 is 39.3 Å². The van der Waals surface area contributed by atoms with Crippen LogP contribution < -0.4 is 15.4 Å².